The molecule has 1 heterocycles. The molecule has 160 valence electrons. The lowest BCUT2D eigenvalue weighted by Gasteiger charge is -2.28. The molecule has 4 heteroatoms. The van der Waals surface area contributed by atoms with Crippen molar-refractivity contribution in [3.8, 4) is 0 Å². The first-order valence-corrected chi connectivity index (χ1v) is 11.8. The van der Waals surface area contributed by atoms with Crippen LogP contribution in [-0.2, 0) is 12.8 Å². The van der Waals surface area contributed by atoms with E-state index in [2.05, 4.69) is 83.4 Å². The van der Waals surface area contributed by atoms with Crippen molar-refractivity contribution in [3.05, 3.63) is 95.1 Å². The quantitative estimate of drug-likeness (QED) is 0.390. The van der Waals surface area contributed by atoms with E-state index < -0.39 is 0 Å². The minimum absolute atomic E-state index is 0.254. The average Bonchev–Trinajstić information content (AvgIpc) is 2.85. The Morgan fingerprint density at radius 2 is 1.22 bits per heavy atom. The van der Waals surface area contributed by atoms with Crippen LogP contribution in [0.2, 0.25) is 0 Å². The van der Waals surface area contributed by atoms with Gasteiger partial charge in [-0.1, -0.05) is 60.7 Å². The highest BCUT2D eigenvalue weighted by Gasteiger charge is 2.23. The highest BCUT2D eigenvalue weighted by Crippen LogP contribution is 2.35. The smallest absolute Gasteiger partial charge is 0.225 e. The van der Waals surface area contributed by atoms with Crippen LogP contribution in [0.15, 0.2) is 72.8 Å². The number of para-hydroxylation sites is 1. The van der Waals surface area contributed by atoms with Crippen LogP contribution < -0.4 is 10.6 Å². The summed E-state index contributed by atoms with van der Waals surface area (Å²) in [6, 6.07) is 26.4. The van der Waals surface area contributed by atoms with Gasteiger partial charge in [-0.2, -0.15) is 4.98 Å². The van der Waals surface area contributed by atoms with E-state index >= 15 is 0 Å². The van der Waals surface area contributed by atoms with Crippen LogP contribution >= 0.6 is 0 Å². The average molecular weight is 421 g/mol. The number of rotatable bonds is 4. The van der Waals surface area contributed by atoms with Crippen molar-refractivity contribution in [2.45, 2.75) is 50.6 Å². The van der Waals surface area contributed by atoms with Gasteiger partial charge in [0.25, 0.3) is 0 Å². The van der Waals surface area contributed by atoms with Gasteiger partial charge in [-0.05, 0) is 72.9 Å². The molecule has 4 nitrogen and oxygen atoms in total. The highest BCUT2D eigenvalue weighted by atomic mass is 15.2. The molecule has 4 aromatic rings. The molecule has 0 saturated carbocycles. The molecular formula is C28H28N4. The molecule has 0 amide bonds. The molecule has 2 N–H and O–H groups in total. The minimum atomic E-state index is 0.254. The van der Waals surface area contributed by atoms with Gasteiger partial charge in [0.15, 0.2) is 0 Å². The lowest BCUT2D eigenvalue weighted by molar-refractivity contribution is 0.594. The molecule has 1 aromatic heterocycles. The van der Waals surface area contributed by atoms with Crippen LogP contribution in [0.3, 0.4) is 0 Å². The fourth-order valence-electron chi connectivity index (χ4n) is 5.38. The van der Waals surface area contributed by atoms with Crippen molar-refractivity contribution >= 4 is 22.7 Å². The largest absolute Gasteiger partial charge is 0.363 e. The number of nitrogens with zero attached hydrogens (tertiary/aromatic N) is 2. The first-order chi connectivity index (χ1) is 15.8. The molecule has 3 aromatic carbocycles. The second-order valence-corrected chi connectivity index (χ2v) is 8.99. The van der Waals surface area contributed by atoms with Crippen LogP contribution in [0.1, 0.15) is 60.0 Å². The van der Waals surface area contributed by atoms with Gasteiger partial charge < -0.3 is 10.6 Å². The normalized spacial score (nSPS) is 19.8. The van der Waals surface area contributed by atoms with Crippen LogP contribution in [-0.4, -0.2) is 9.97 Å². The first kappa shape index (κ1) is 19.3. The zero-order valence-electron chi connectivity index (χ0n) is 18.2. The zero-order chi connectivity index (χ0) is 21.3. The summed E-state index contributed by atoms with van der Waals surface area (Å²) < 4.78 is 0. The first-order valence-electron chi connectivity index (χ1n) is 11.8. The molecule has 0 fully saturated rings. The predicted octanol–water partition coefficient (Wildman–Crippen LogP) is 6.61. The van der Waals surface area contributed by atoms with E-state index in [0.717, 1.165) is 42.4 Å². The lowest BCUT2D eigenvalue weighted by atomic mass is 9.87. The van der Waals surface area contributed by atoms with Crippen molar-refractivity contribution in [1.29, 1.82) is 0 Å². The van der Waals surface area contributed by atoms with Crippen LogP contribution in [0.5, 0.6) is 0 Å². The molecule has 2 aliphatic carbocycles. The maximum absolute atomic E-state index is 5.00. The summed E-state index contributed by atoms with van der Waals surface area (Å²) >= 11 is 0. The van der Waals surface area contributed by atoms with Gasteiger partial charge in [0.05, 0.1) is 17.6 Å². The standard InChI is InChI=1S/C28H28N4/c1-3-13-21-19(9-1)11-7-17-24(21)29-27-23-15-5-6-16-26(23)31-28(32-27)30-25-18-8-12-20-10-2-4-14-22(20)25/h1-6,9-10,13-16,24-25H,7-8,11-12,17-18H2,(H2,29,30,31,32)/t24?,25-/m1/s1. The molecule has 32 heavy (non-hydrogen) atoms. The lowest BCUT2D eigenvalue weighted by Crippen LogP contribution is -2.20. The van der Waals surface area contributed by atoms with Crippen LogP contribution in [0.25, 0.3) is 10.9 Å². The van der Waals surface area contributed by atoms with E-state index in [9.17, 15) is 0 Å². The highest BCUT2D eigenvalue weighted by molar-refractivity contribution is 5.90. The maximum Gasteiger partial charge on any atom is 0.225 e. The van der Waals surface area contributed by atoms with Gasteiger partial charge in [-0.3, -0.25) is 0 Å². The number of fused-ring (bicyclic) bond motifs is 3. The SMILES string of the molecule is c1ccc2c(c1)CCCC2Nc1nc(N[C@@H]2CCCc3ccccc32)nc2ccccc12. The number of hydrogen-bond donors (Lipinski definition) is 2. The monoisotopic (exact) mass is 420 g/mol. The van der Waals surface area contributed by atoms with Crippen molar-refractivity contribution < 1.29 is 0 Å². The Labute approximate surface area is 189 Å². The molecule has 0 bridgehead atoms. The molecule has 0 spiro atoms. The van der Waals surface area contributed by atoms with Gasteiger partial charge >= 0.3 is 0 Å². The summed E-state index contributed by atoms with van der Waals surface area (Å²) in [5, 5.41) is 8.52. The van der Waals surface area contributed by atoms with Gasteiger partial charge in [0.2, 0.25) is 5.95 Å². The van der Waals surface area contributed by atoms with E-state index in [1.807, 2.05) is 0 Å². The summed E-state index contributed by atoms with van der Waals surface area (Å²) in [6.07, 6.45) is 6.92. The fourth-order valence-corrected chi connectivity index (χ4v) is 5.38. The molecule has 0 radical (unpaired) electrons. The Morgan fingerprint density at radius 1 is 0.625 bits per heavy atom. The number of hydrogen-bond acceptors (Lipinski definition) is 4. The van der Waals surface area contributed by atoms with Crippen LogP contribution in [0, 0.1) is 0 Å². The number of aromatic nitrogens is 2. The van der Waals surface area contributed by atoms with E-state index in [0.29, 0.717) is 5.95 Å². The van der Waals surface area contributed by atoms with E-state index in [1.165, 1.54) is 35.1 Å². The Balaban J connectivity index is 1.36. The van der Waals surface area contributed by atoms with Crippen molar-refractivity contribution in [3.63, 3.8) is 0 Å². The van der Waals surface area contributed by atoms with Crippen LogP contribution in [0.4, 0.5) is 11.8 Å². The van der Waals surface area contributed by atoms with Gasteiger partial charge in [0.1, 0.15) is 5.82 Å². The Hall–Kier alpha value is -3.40. The third kappa shape index (κ3) is 3.60. The van der Waals surface area contributed by atoms with Crippen molar-refractivity contribution in [2.24, 2.45) is 0 Å². The third-order valence-electron chi connectivity index (χ3n) is 6.96. The Morgan fingerprint density at radius 3 is 1.94 bits per heavy atom. The summed E-state index contributed by atoms with van der Waals surface area (Å²) in [5.74, 6) is 1.63. The molecule has 0 saturated heterocycles. The number of anilines is 2. The summed E-state index contributed by atoms with van der Waals surface area (Å²) in [7, 11) is 0. The second kappa shape index (κ2) is 8.27. The summed E-state index contributed by atoms with van der Waals surface area (Å²) in [5.41, 5.74) is 6.64. The molecule has 0 aliphatic heterocycles. The Bertz CT molecular complexity index is 1270. The molecule has 1 unspecified atom stereocenters. The molecule has 2 atom stereocenters. The predicted molar refractivity (Wildman–Crippen MR) is 131 cm³/mol. The molecule has 2 aliphatic rings. The fraction of sp³-hybridized carbons (Fsp3) is 0.286. The number of aryl methyl sites for hydroxylation is 2. The van der Waals surface area contributed by atoms with E-state index in [-0.39, 0.29) is 12.1 Å². The van der Waals surface area contributed by atoms with E-state index in [4.69, 9.17) is 9.97 Å². The topological polar surface area (TPSA) is 49.8 Å². The van der Waals surface area contributed by atoms with Gasteiger partial charge in [0, 0.05) is 5.39 Å². The third-order valence-corrected chi connectivity index (χ3v) is 6.96. The zero-order valence-corrected chi connectivity index (χ0v) is 18.2. The summed E-state index contributed by atoms with van der Waals surface area (Å²) in [6.45, 7) is 0. The number of benzene rings is 3. The molecule has 6 rings (SSSR count). The summed E-state index contributed by atoms with van der Waals surface area (Å²) in [4.78, 5) is 9.88. The van der Waals surface area contributed by atoms with E-state index in [1.54, 1.807) is 0 Å². The Kier molecular flexibility index (Phi) is 4.99. The van der Waals surface area contributed by atoms with Crippen molar-refractivity contribution in [1.82, 2.24) is 9.97 Å². The second-order valence-electron chi connectivity index (χ2n) is 8.99. The number of nitrogens with one attached hydrogen (secondary N) is 2. The minimum Gasteiger partial charge on any atom is -0.363 e. The van der Waals surface area contributed by atoms with Crippen molar-refractivity contribution in [2.75, 3.05) is 10.6 Å². The maximum atomic E-state index is 5.00. The molecular weight excluding hydrogens is 392 g/mol. The van der Waals surface area contributed by atoms with Gasteiger partial charge in [-0.15, -0.1) is 0 Å². The van der Waals surface area contributed by atoms with Gasteiger partial charge in [-0.25, -0.2) is 4.98 Å².